The smallest absolute Gasteiger partial charge is 0.323 e. The van der Waals surface area contributed by atoms with Gasteiger partial charge in [-0.15, -0.1) is 0 Å². The summed E-state index contributed by atoms with van der Waals surface area (Å²) < 4.78 is 0. The number of carbonyl (C=O) groups is 2. The Balaban J connectivity index is 2.12. The summed E-state index contributed by atoms with van der Waals surface area (Å²) in [6, 6.07) is 20.3. The van der Waals surface area contributed by atoms with E-state index in [4.69, 9.17) is 5.11 Å². The summed E-state index contributed by atoms with van der Waals surface area (Å²) in [4.78, 5) is 24.9. The van der Waals surface area contributed by atoms with Crippen molar-refractivity contribution in [3.8, 4) is 0 Å². The number of amides is 1. The van der Waals surface area contributed by atoms with Crippen molar-refractivity contribution in [3.05, 3.63) is 71.8 Å². The Morgan fingerprint density at radius 1 is 0.960 bits per heavy atom. The third kappa shape index (κ3) is 5.75. The second-order valence-electron chi connectivity index (χ2n) is 6.12. The average molecular weight is 339 g/mol. The Morgan fingerprint density at radius 2 is 1.48 bits per heavy atom. The maximum Gasteiger partial charge on any atom is 0.323 e. The fourth-order valence-corrected chi connectivity index (χ4v) is 3.05. The van der Waals surface area contributed by atoms with Crippen molar-refractivity contribution in [2.75, 3.05) is 13.1 Å². The Bertz CT molecular complexity index is 631. The molecule has 132 valence electrons. The molecule has 2 rings (SSSR count). The molecule has 1 amide bonds. The number of nitrogens with zero attached hydrogens (tertiary/aromatic N) is 1. The van der Waals surface area contributed by atoms with Gasteiger partial charge in [0.25, 0.3) is 0 Å². The van der Waals surface area contributed by atoms with E-state index >= 15 is 0 Å². The number of rotatable bonds is 9. The van der Waals surface area contributed by atoms with Crippen LogP contribution in [-0.2, 0) is 9.59 Å². The summed E-state index contributed by atoms with van der Waals surface area (Å²) in [6.45, 7) is 2.19. The number of benzene rings is 2. The van der Waals surface area contributed by atoms with Gasteiger partial charge >= 0.3 is 5.97 Å². The largest absolute Gasteiger partial charge is 0.480 e. The first-order valence-electron chi connectivity index (χ1n) is 8.71. The number of carboxylic acids is 1. The van der Waals surface area contributed by atoms with Crippen molar-refractivity contribution in [1.29, 1.82) is 0 Å². The van der Waals surface area contributed by atoms with Crippen LogP contribution < -0.4 is 0 Å². The number of hydrogen-bond acceptors (Lipinski definition) is 2. The van der Waals surface area contributed by atoms with Gasteiger partial charge < -0.3 is 10.0 Å². The molecule has 2 aromatic rings. The highest BCUT2D eigenvalue weighted by molar-refractivity contribution is 5.81. The Kier molecular flexibility index (Phi) is 7.20. The molecule has 4 nitrogen and oxygen atoms in total. The van der Waals surface area contributed by atoms with E-state index in [0.717, 1.165) is 6.42 Å². The molecular weight excluding hydrogens is 314 g/mol. The zero-order valence-corrected chi connectivity index (χ0v) is 14.6. The maximum absolute atomic E-state index is 12.5. The van der Waals surface area contributed by atoms with Crippen molar-refractivity contribution in [3.63, 3.8) is 0 Å². The highest BCUT2D eigenvalue weighted by atomic mass is 16.4. The van der Waals surface area contributed by atoms with Gasteiger partial charge in [0.1, 0.15) is 6.54 Å². The van der Waals surface area contributed by atoms with Crippen LogP contribution in [0.25, 0.3) is 0 Å². The second-order valence-corrected chi connectivity index (χ2v) is 6.12. The monoisotopic (exact) mass is 339 g/mol. The SMILES string of the molecule is CCCN(CC(=O)O)C(=O)CCC(c1ccccc1)c1ccccc1. The van der Waals surface area contributed by atoms with E-state index in [9.17, 15) is 9.59 Å². The standard InChI is InChI=1S/C21H25NO3/c1-2-15-22(16-21(24)25)20(23)14-13-19(17-9-5-3-6-10-17)18-11-7-4-8-12-18/h3-12,19H,2,13-16H2,1H3,(H,24,25). The molecule has 0 aromatic heterocycles. The van der Waals surface area contributed by atoms with Crippen LogP contribution in [0.5, 0.6) is 0 Å². The van der Waals surface area contributed by atoms with Gasteiger partial charge in [0.05, 0.1) is 0 Å². The van der Waals surface area contributed by atoms with Crippen LogP contribution in [0.15, 0.2) is 60.7 Å². The van der Waals surface area contributed by atoms with E-state index in [1.807, 2.05) is 43.3 Å². The van der Waals surface area contributed by atoms with Crippen LogP contribution in [0.1, 0.15) is 43.2 Å². The quantitative estimate of drug-likeness (QED) is 0.753. The first-order valence-corrected chi connectivity index (χ1v) is 8.71. The van der Waals surface area contributed by atoms with Gasteiger partial charge in [0.15, 0.2) is 0 Å². The highest BCUT2D eigenvalue weighted by Crippen LogP contribution is 2.29. The number of aliphatic carboxylic acids is 1. The molecule has 0 saturated carbocycles. The minimum atomic E-state index is -0.968. The molecule has 0 aliphatic rings. The normalized spacial score (nSPS) is 10.6. The molecule has 0 fully saturated rings. The van der Waals surface area contributed by atoms with Crippen molar-refractivity contribution in [2.45, 2.75) is 32.1 Å². The summed E-state index contributed by atoms with van der Waals surface area (Å²) in [5, 5.41) is 9.00. The molecular formula is C21H25NO3. The lowest BCUT2D eigenvalue weighted by Crippen LogP contribution is -2.36. The molecule has 0 saturated heterocycles. The van der Waals surface area contributed by atoms with Gasteiger partial charge in [-0.2, -0.15) is 0 Å². The fourth-order valence-electron chi connectivity index (χ4n) is 3.05. The van der Waals surface area contributed by atoms with Crippen LogP contribution in [0.4, 0.5) is 0 Å². The lowest BCUT2D eigenvalue weighted by Gasteiger charge is -2.22. The van der Waals surface area contributed by atoms with Crippen LogP contribution in [0, 0.1) is 0 Å². The number of carbonyl (C=O) groups excluding carboxylic acids is 1. The van der Waals surface area contributed by atoms with E-state index in [1.165, 1.54) is 16.0 Å². The Hall–Kier alpha value is -2.62. The highest BCUT2D eigenvalue weighted by Gasteiger charge is 2.20. The van der Waals surface area contributed by atoms with Crippen LogP contribution in [0.2, 0.25) is 0 Å². The van der Waals surface area contributed by atoms with E-state index in [1.54, 1.807) is 0 Å². The first kappa shape index (κ1) is 18.7. The van der Waals surface area contributed by atoms with Crippen LogP contribution in [-0.4, -0.2) is 35.0 Å². The number of hydrogen-bond donors (Lipinski definition) is 1. The predicted molar refractivity (Wildman–Crippen MR) is 98.5 cm³/mol. The molecule has 0 radical (unpaired) electrons. The molecule has 0 aliphatic heterocycles. The van der Waals surface area contributed by atoms with Gasteiger partial charge in [-0.25, -0.2) is 0 Å². The van der Waals surface area contributed by atoms with Gasteiger partial charge in [0.2, 0.25) is 5.91 Å². The van der Waals surface area contributed by atoms with E-state index in [-0.39, 0.29) is 18.4 Å². The lowest BCUT2D eigenvalue weighted by atomic mass is 9.87. The summed E-state index contributed by atoms with van der Waals surface area (Å²) in [5.41, 5.74) is 2.34. The van der Waals surface area contributed by atoms with E-state index in [0.29, 0.717) is 19.4 Å². The molecule has 0 spiro atoms. The van der Waals surface area contributed by atoms with Crippen LogP contribution >= 0.6 is 0 Å². The molecule has 25 heavy (non-hydrogen) atoms. The Labute approximate surface area is 149 Å². The van der Waals surface area contributed by atoms with Gasteiger partial charge in [-0.1, -0.05) is 67.6 Å². The lowest BCUT2D eigenvalue weighted by molar-refractivity contribution is -0.144. The van der Waals surface area contributed by atoms with Crippen molar-refractivity contribution in [2.24, 2.45) is 0 Å². The zero-order valence-electron chi connectivity index (χ0n) is 14.6. The summed E-state index contributed by atoms with van der Waals surface area (Å²) in [5.74, 6) is -0.940. The molecule has 0 aliphatic carbocycles. The average Bonchev–Trinajstić information content (AvgIpc) is 2.63. The van der Waals surface area contributed by atoms with Gasteiger partial charge in [0, 0.05) is 18.9 Å². The molecule has 0 unspecified atom stereocenters. The van der Waals surface area contributed by atoms with Crippen molar-refractivity contribution in [1.82, 2.24) is 4.90 Å². The summed E-state index contributed by atoms with van der Waals surface area (Å²) >= 11 is 0. The third-order valence-corrected chi connectivity index (χ3v) is 4.22. The minimum Gasteiger partial charge on any atom is -0.480 e. The molecule has 0 atom stereocenters. The van der Waals surface area contributed by atoms with E-state index < -0.39 is 5.97 Å². The molecule has 2 aromatic carbocycles. The minimum absolute atomic E-state index is 0.0962. The fraction of sp³-hybridized carbons (Fsp3) is 0.333. The topological polar surface area (TPSA) is 57.6 Å². The van der Waals surface area contributed by atoms with Crippen molar-refractivity contribution >= 4 is 11.9 Å². The van der Waals surface area contributed by atoms with Gasteiger partial charge in [-0.05, 0) is 24.0 Å². The molecule has 0 heterocycles. The Morgan fingerprint density at radius 3 is 1.92 bits per heavy atom. The predicted octanol–water partition coefficient (Wildman–Crippen LogP) is 3.92. The summed E-state index contributed by atoms with van der Waals surface area (Å²) in [6.07, 6.45) is 1.74. The van der Waals surface area contributed by atoms with Gasteiger partial charge in [-0.3, -0.25) is 9.59 Å². The molecule has 4 heteroatoms. The molecule has 0 bridgehead atoms. The second kappa shape index (κ2) is 9.62. The molecule has 1 N–H and O–H groups in total. The van der Waals surface area contributed by atoms with E-state index in [2.05, 4.69) is 24.3 Å². The maximum atomic E-state index is 12.5. The number of carboxylic acid groups (broad SMARTS) is 1. The van der Waals surface area contributed by atoms with Crippen molar-refractivity contribution < 1.29 is 14.7 Å². The zero-order chi connectivity index (χ0) is 18.1. The first-order chi connectivity index (χ1) is 12.1. The third-order valence-electron chi connectivity index (χ3n) is 4.22. The summed E-state index contributed by atoms with van der Waals surface area (Å²) in [7, 11) is 0. The van der Waals surface area contributed by atoms with Crippen LogP contribution in [0.3, 0.4) is 0 Å².